The lowest BCUT2D eigenvalue weighted by Crippen LogP contribution is -2.52. The normalized spacial score (nSPS) is 21.5. The second-order valence-electron chi connectivity index (χ2n) is 8.98. The van der Waals surface area contributed by atoms with Gasteiger partial charge in [0.1, 0.15) is 12.1 Å². The smallest absolute Gasteiger partial charge is 0.326 e. The van der Waals surface area contributed by atoms with Crippen LogP contribution in [0.3, 0.4) is 0 Å². The molecule has 30 heavy (non-hydrogen) atoms. The molecule has 169 valence electrons. The van der Waals surface area contributed by atoms with Crippen molar-refractivity contribution in [3.05, 3.63) is 35.9 Å². The minimum absolute atomic E-state index is 0.165. The molecule has 0 aromatic heterocycles. The second kappa shape index (κ2) is 12.1. The molecule has 1 aliphatic carbocycles. The van der Waals surface area contributed by atoms with Crippen LogP contribution in [0, 0.1) is 5.92 Å². The Bertz CT molecular complexity index is 637. The number of ether oxygens (including phenoxy) is 1. The third-order valence-electron chi connectivity index (χ3n) is 6.19. The van der Waals surface area contributed by atoms with Crippen LogP contribution in [0.5, 0.6) is 0 Å². The number of hydrogen-bond donors (Lipinski definition) is 3. The molecule has 0 amide bonds. The van der Waals surface area contributed by atoms with Crippen LogP contribution in [0.2, 0.25) is 6.32 Å². The molecule has 0 saturated heterocycles. The monoisotopic (exact) mass is 435 g/mol. The van der Waals surface area contributed by atoms with Crippen LogP contribution in [0.4, 0.5) is 0 Å². The van der Waals surface area contributed by atoms with E-state index in [9.17, 15) is 4.79 Å². The summed E-state index contributed by atoms with van der Waals surface area (Å²) in [5, 5.41) is 0. The zero-order chi connectivity index (χ0) is 22.8. The van der Waals surface area contributed by atoms with Crippen LogP contribution >= 0.6 is 12.6 Å². The molecule has 2 rings (SSSR count). The van der Waals surface area contributed by atoms with Gasteiger partial charge in [-0.05, 0) is 65.5 Å². The molecule has 0 spiro atoms. The average Bonchev–Trinajstić information content (AvgIpc) is 3.09. The number of rotatable bonds is 10. The summed E-state index contributed by atoms with van der Waals surface area (Å²) < 4.78 is 11.2. The Kier molecular flexibility index (Phi) is 10.9. The van der Waals surface area contributed by atoms with E-state index < -0.39 is 5.54 Å². The van der Waals surface area contributed by atoms with E-state index in [2.05, 4.69) is 18.4 Å². The third kappa shape index (κ3) is 7.59. The molecule has 0 bridgehead atoms. The van der Waals surface area contributed by atoms with Crippen molar-refractivity contribution >= 4 is 26.1 Å². The Balaban J connectivity index is 0.00000218. The predicted octanol–water partition coefficient (Wildman–Crippen LogP) is 4.12. The lowest BCUT2D eigenvalue weighted by atomic mass is 9.80. The van der Waals surface area contributed by atoms with Crippen molar-refractivity contribution in [2.24, 2.45) is 17.4 Å². The summed E-state index contributed by atoms with van der Waals surface area (Å²) in [6, 6.07) is 9.73. The number of thiol groups is 1. The molecule has 5 nitrogen and oxygen atoms in total. The van der Waals surface area contributed by atoms with Gasteiger partial charge < -0.3 is 20.9 Å². The summed E-state index contributed by atoms with van der Waals surface area (Å²) in [6.07, 6.45) is 5.33. The highest BCUT2D eigenvalue weighted by Crippen LogP contribution is 2.38. The number of esters is 1. The summed E-state index contributed by atoms with van der Waals surface area (Å²) in [4.78, 5) is 12.7. The Morgan fingerprint density at radius 1 is 1.23 bits per heavy atom. The van der Waals surface area contributed by atoms with Gasteiger partial charge in [-0.2, -0.15) is 12.6 Å². The van der Waals surface area contributed by atoms with Crippen molar-refractivity contribution in [2.45, 2.75) is 88.6 Å². The topological polar surface area (TPSA) is 87.6 Å². The van der Waals surface area contributed by atoms with Crippen LogP contribution in [-0.4, -0.2) is 36.4 Å². The molecule has 1 aromatic rings. The van der Waals surface area contributed by atoms with Gasteiger partial charge in [-0.3, -0.25) is 4.79 Å². The minimum atomic E-state index is -0.859. The van der Waals surface area contributed by atoms with Crippen molar-refractivity contribution < 1.29 is 14.2 Å². The third-order valence-corrected chi connectivity index (χ3v) is 6.73. The molecule has 1 radical (unpaired) electrons. The highest BCUT2D eigenvalue weighted by molar-refractivity contribution is 7.81. The highest BCUT2D eigenvalue weighted by atomic mass is 32.1. The molecular weight excluding hydrogens is 395 g/mol. The van der Waals surface area contributed by atoms with Crippen LogP contribution in [0.1, 0.15) is 65.4 Å². The fourth-order valence-electron chi connectivity index (χ4n) is 3.49. The molecule has 4 N–H and O–H groups in total. The van der Waals surface area contributed by atoms with Gasteiger partial charge in [0.2, 0.25) is 0 Å². The van der Waals surface area contributed by atoms with E-state index in [0.717, 1.165) is 37.6 Å². The molecule has 7 heteroatoms. The van der Waals surface area contributed by atoms with E-state index in [1.165, 1.54) is 7.05 Å². The quantitative estimate of drug-likeness (QED) is 0.223. The van der Waals surface area contributed by atoms with Gasteiger partial charge >= 0.3 is 5.97 Å². The first-order valence-corrected chi connectivity index (χ1v) is 11.3. The molecule has 1 saturated carbocycles. The van der Waals surface area contributed by atoms with Gasteiger partial charge in [-0.1, -0.05) is 49.5 Å². The number of benzene rings is 1. The maximum absolute atomic E-state index is 12.7. The predicted molar refractivity (Wildman–Crippen MR) is 129 cm³/mol. The summed E-state index contributed by atoms with van der Waals surface area (Å²) >= 11 is 4.61. The maximum Gasteiger partial charge on any atom is 0.326 e. The summed E-state index contributed by atoms with van der Waals surface area (Å²) in [5.74, 6) is -0.101. The fourth-order valence-corrected chi connectivity index (χ4v) is 3.54. The zero-order valence-electron chi connectivity index (χ0n) is 19.3. The molecule has 2 unspecified atom stereocenters. The first-order chi connectivity index (χ1) is 14.1. The van der Waals surface area contributed by atoms with E-state index in [1.54, 1.807) is 0 Å². The molecule has 1 fully saturated rings. The summed E-state index contributed by atoms with van der Waals surface area (Å²) in [7, 11) is 3.37. The highest BCUT2D eigenvalue weighted by Gasteiger charge is 2.46. The lowest BCUT2D eigenvalue weighted by Gasteiger charge is -2.38. The van der Waals surface area contributed by atoms with E-state index >= 15 is 0 Å². The molecule has 1 aliphatic rings. The second-order valence-corrected chi connectivity index (χ2v) is 10.1. The fraction of sp³-hybridized carbons (Fsp3) is 0.696. The van der Waals surface area contributed by atoms with Crippen LogP contribution < -0.4 is 11.5 Å². The Labute approximate surface area is 189 Å². The maximum atomic E-state index is 12.7. The molecule has 0 heterocycles. The van der Waals surface area contributed by atoms with Crippen molar-refractivity contribution in [3.8, 4) is 0 Å². The Hall–Kier alpha value is -1.02. The number of nitrogens with two attached hydrogens (primary N) is 2. The standard InChI is InChI=1S/C22H35BNO3S.CH5N/c1-20(2,21(3,4)28)27-23-15-9-13-18-12-8-14-22(18,24)19(25)26-16-17-10-6-5-7-11-17;1-2/h5-7,10-11,18,28H,8-9,12-16,24H2,1-4H3;2H2,1H3. The van der Waals surface area contributed by atoms with Crippen LogP contribution in [0.25, 0.3) is 0 Å². The van der Waals surface area contributed by atoms with Crippen LogP contribution in [0.15, 0.2) is 30.3 Å². The van der Waals surface area contributed by atoms with Gasteiger partial charge in [-0.25, -0.2) is 0 Å². The SMILES string of the molecule is CC(C)(S)C(C)(C)O[B]CCCC1CCCC1(N)C(=O)OCc1ccccc1.CN. The van der Waals surface area contributed by atoms with Crippen molar-refractivity contribution in [1.82, 2.24) is 0 Å². The largest absolute Gasteiger partial charge is 0.459 e. The number of carbonyl (C=O) groups is 1. The van der Waals surface area contributed by atoms with E-state index in [1.807, 2.05) is 65.5 Å². The summed E-state index contributed by atoms with van der Waals surface area (Å²) in [6.45, 7) is 8.46. The van der Waals surface area contributed by atoms with Gasteiger partial charge in [0.05, 0.1) is 5.60 Å². The number of hydrogen-bond acceptors (Lipinski definition) is 6. The Morgan fingerprint density at radius 3 is 2.47 bits per heavy atom. The van der Waals surface area contributed by atoms with Crippen molar-refractivity contribution in [3.63, 3.8) is 0 Å². The summed E-state index contributed by atoms with van der Waals surface area (Å²) in [5.41, 5.74) is 10.8. The number of carbonyl (C=O) groups excluding carboxylic acids is 1. The lowest BCUT2D eigenvalue weighted by molar-refractivity contribution is -0.153. The molecular formula is C23H40BN2O3S. The van der Waals surface area contributed by atoms with Gasteiger partial charge in [0.25, 0.3) is 7.48 Å². The van der Waals surface area contributed by atoms with Gasteiger partial charge in [0.15, 0.2) is 0 Å². The Morgan fingerprint density at radius 2 is 1.87 bits per heavy atom. The first-order valence-electron chi connectivity index (χ1n) is 10.9. The minimum Gasteiger partial charge on any atom is -0.459 e. The van der Waals surface area contributed by atoms with Crippen molar-refractivity contribution in [2.75, 3.05) is 7.05 Å². The van der Waals surface area contributed by atoms with Gasteiger partial charge in [0, 0.05) is 4.75 Å². The average molecular weight is 435 g/mol. The molecule has 1 aromatic carbocycles. The van der Waals surface area contributed by atoms with E-state index in [0.29, 0.717) is 6.42 Å². The zero-order valence-corrected chi connectivity index (χ0v) is 20.2. The van der Waals surface area contributed by atoms with E-state index in [-0.39, 0.29) is 28.8 Å². The van der Waals surface area contributed by atoms with Crippen LogP contribution in [-0.2, 0) is 20.8 Å². The first kappa shape index (κ1) is 27.0. The molecule has 2 atom stereocenters. The van der Waals surface area contributed by atoms with E-state index in [4.69, 9.17) is 15.1 Å². The molecule has 0 aliphatic heterocycles. The van der Waals surface area contributed by atoms with Crippen molar-refractivity contribution in [1.29, 1.82) is 0 Å². The van der Waals surface area contributed by atoms with Gasteiger partial charge in [-0.15, -0.1) is 0 Å².